The van der Waals surface area contributed by atoms with Gasteiger partial charge in [-0.05, 0) is 48.5 Å². The summed E-state index contributed by atoms with van der Waals surface area (Å²) in [5.41, 5.74) is -0.580. The summed E-state index contributed by atoms with van der Waals surface area (Å²) in [4.78, 5) is 16.2. The van der Waals surface area contributed by atoms with Gasteiger partial charge in [-0.1, -0.05) is 6.07 Å². The molecule has 2 aromatic carbocycles. The fourth-order valence-corrected chi connectivity index (χ4v) is 2.67. The number of imidazole rings is 1. The average Bonchev–Trinajstić information content (AvgIpc) is 3.30. The summed E-state index contributed by atoms with van der Waals surface area (Å²) in [7, 11) is 0. The molecule has 1 amide bonds. The van der Waals surface area contributed by atoms with E-state index in [2.05, 4.69) is 20.5 Å². The van der Waals surface area contributed by atoms with Crippen molar-refractivity contribution in [1.82, 2.24) is 19.7 Å². The number of anilines is 1. The Balaban J connectivity index is 1.40. The molecule has 4 aromatic rings. The highest BCUT2D eigenvalue weighted by atomic mass is 19.4. The van der Waals surface area contributed by atoms with Crippen LogP contribution in [0.4, 0.5) is 18.9 Å². The van der Waals surface area contributed by atoms with Crippen LogP contribution in [0.1, 0.15) is 15.9 Å². The number of alkyl halides is 3. The molecule has 0 aliphatic rings. The van der Waals surface area contributed by atoms with Crippen molar-refractivity contribution in [2.24, 2.45) is 0 Å². The topological polar surface area (TPSA) is 81.9 Å². The van der Waals surface area contributed by atoms with E-state index < -0.39 is 17.6 Å². The molecule has 0 saturated carbocycles. The zero-order chi connectivity index (χ0) is 21.8. The van der Waals surface area contributed by atoms with Gasteiger partial charge in [0, 0.05) is 29.7 Å². The standard InChI is InChI=1S/C21H14F3N5O2/c22-21(23,24)15-3-1-2-14(12-15)20(30)26-16-4-6-17(7-5-16)31-19-9-8-18(27-28-19)29-11-10-25-13-29/h1-13H,(H,26,30). The van der Waals surface area contributed by atoms with Crippen LogP contribution in [-0.2, 0) is 6.18 Å². The highest BCUT2D eigenvalue weighted by Crippen LogP contribution is 2.30. The molecule has 10 heteroatoms. The summed E-state index contributed by atoms with van der Waals surface area (Å²) in [5.74, 6) is 0.643. The molecule has 156 valence electrons. The predicted octanol–water partition coefficient (Wildman–Crippen LogP) is 4.73. The Morgan fingerprint density at radius 3 is 2.45 bits per heavy atom. The van der Waals surface area contributed by atoms with E-state index in [4.69, 9.17) is 4.74 Å². The molecule has 0 bridgehead atoms. The molecule has 2 heterocycles. The molecule has 1 N–H and O–H groups in total. The fraction of sp³-hybridized carbons (Fsp3) is 0.0476. The number of benzene rings is 2. The van der Waals surface area contributed by atoms with E-state index >= 15 is 0 Å². The number of nitrogens with one attached hydrogen (secondary N) is 1. The predicted molar refractivity (Wildman–Crippen MR) is 105 cm³/mol. The van der Waals surface area contributed by atoms with Gasteiger partial charge in [-0.15, -0.1) is 10.2 Å². The van der Waals surface area contributed by atoms with Crippen molar-refractivity contribution in [2.45, 2.75) is 6.18 Å². The van der Waals surface area contributed by atoms with Crippen LogP contribution in [-0.4, -0.2) is 25.7 Å². The summed E-state index contributed by atoms with van der Waals surface area (Å²) in [6.07, 6.45) is 0.433. The molecule has 2 aromatic heterocycles. The number of carbonyl (C=O) groups is 1. The summed E-state index contributed by atoms with van der Waals surface area (Å²) >= 11 is 0. The molecule has 0 spiro atoms. The minimum atomic E-state index is -4.52. The molecule has 0 fully saturated rings. The lowest BCUT2D eigenvalue weighted by Crippen LogP contribution is -2.13. The van der Waals surface area contributed by atoms with Crippen molar-refractivity contribution >= 4 is 11.6 Å². The van der Waals surface area contributed by atoms with Crippen LogP contribution >= 0.6 is 0 Å². The highest BCUT2D eigenvalue weighted by molar-refractivity contribution is 6.04. The lowest BCUT2D eigenvalue weighted by atomic mass is 10.1. The lowest BCUT2D eigenvalue weighted by Gasteiger charge is -2.10. The second kappa shape index (κ2) is 8.27. The van der Waals surface area contributed by atoms with Crippen LogP contribution < -0.4 is 10.1 Å². The van der Waals surface area contributed by atoms with Gasteiger partial charge in [0.05, 0.1) is 5.56 Å². The molecule has 7 nitrogen and oxygen atoms in total. The largest absolute Gasteiger partial charge is 0.438 e. The Labute approximate surface area is 174 Å². The van der Waals surface area contributed by atoms with Crippen molar-refractivity contribution in [3.63, 3.8) is 0 Å². The van der Waals surface area contributed by atoms with Gasteiger partial charge in [-0.3, -0.25) is 9.36 Å². The van der Waals surface area contributed by atoms with Gasteiger partial charge in [0.1, 0.15) is 12.1 Å². The van der Waals surface area contributed by atoms with E-state index in [1.807, 2.05) is 0 Å². The van der Waals surface area contributed by atoms with Crippen molar-refractivity contribution in [3.05, 3.63) is 90.5 Å². The number of hydrogen-bond acceptors (Lipinski definition) is 5. The van der Waals surface area contributed by atoms with Crippen LogP contribution in [0, 0.1) is 0 Å². The van der Waals surface area contributed by atoms with Gasteiger partial charge in [0.15, 0.2) is 5.82 Å². The van der Waals surface area contributed by atoms with Crippen molar-refractivity contribution < 1.29 is 22.7 Å². The Morgan fingerprint density at radius 1 is 1.00 bits per heavy atom. The van der Waals surface area contributed by atoms with E-state index in [1.54, 1.807) is 59.7 Å². The van der Waals surface area contributed by atoms with Gasteiger partial charge >= 0.3 is 6.18 Å². The first kappa shape index (κ1) is 20.1. The molecule has 0 aliphatic carbocycles. The third-order valence-corrected chi connectivity index (χ3v) is 4.18. The first-order valence-electron chi connectivity index (χ1n) is 8.97. The number of halogens is 3. The zero-order valence-corrected chi connectivity index (χ0v) is 15.7. The molecule has 31 heavy (non-hydrogen) atoms. The molecule has 0 saturated heterocycles. The maximum absolute atomic E-state index is 12.8. The van der Waals surface area contributed by atoms with Crippen molar-refractivity contribution in [2.75, 3.05) is 5.32 Å². The quantitative estimate of drug-likeness (QED) is 0.500. The Morgan fingerprint density at radius 2 is 1.81 bits per heavy atom. The lowest BCUT2D eigenvalue weighted by molar-refractivity contribution is -0.137. The number of nitrogens with zero attached hydrogens (tertiary/aromatic N) is 4. The maximum atomic E-state index is 12.8. The fourth-order valence-electron chi connectivity index (χ4n) is 2.67. The first-order chi connectivity index (χ1) is 14.9. The van der Waals surface area contributed by atoms with Crippen LogP contribution in [0.2, 0.25) is 0 Å². The Hall–Kier alpha value is -4.21. The summed E-state index contributed by atoms with van der Waals surface area (Å²) in [5, 5.41) is 10.6. The van der Waals surface area contributed by atoms with Gasteiger partial charge in [0.2, 0.25) is 5.88 Å². The molecular weight excluding hydrogens is 411 g/mol. The Kier molecular flexibility index (Phi) is 5.35. The number of ether oxygens (including phenoxy) is 1. The number of aromatic nitrogens is 4. The molecule has 0 radical (unpaired) electrons. The Bertz CT molecular complexity index is 1180. The first-order valence-corrected chi connectivity index (χ1v) is 8.97. The number of hydrogen-bond donors (Lipinski definition) is 1. The zero-order valence-electron chi connectivity index (χ0n) is 15.7. The van der Waals surface area contributed by atoms with E-state index in [0.717, 1.165) is 12.1 Å². The number of carbonyl (C=O) groups excluding carboxylic acids is 1. The van der Waals surface area contributed by atoms with E-state index in [1.165, 1.54) is 12.1 Å². The molecule has 0 aliphatic heterocycles. The summed E-state index contributed by atoms with van der Waals surface area (Å²) in [6.45, 7) is 0. The third-order valence-electron chi connectivity index (χ3n) is 4.18. The van der Waals surface area contributed by atoms with Crippen LogP contribution in [0.25, 0.3) is 5.82 Å². The van der Waals surface area contributed by atoms with Gasteiger partial charge in [-0.2, -0.15) is 13.2 Å². The van der Waals surface area contributed by atoms with Gasteiger partial charge < -0.3 is 10.1 Å². The maximum Gasteiger partial charge on any atom is 0.416 e. The molecule has 0 atom stereocenters. The van der Waals surface area contributed by atoms with Gasteiger partial charge in [0.25, 0.3) is 5.91 Å². The average molecular weight is 425 g/mol. The smallest absolute Gasteiger partial charge is 0.416 e. The summed E-state index contributed by atoms with van der Waals surface area (Å²) < 4.78 is 45.8. The molecule has 0 unspecified atom stereocenters. The van der Waals surface area contributed by atoms with E-state index in [9.17, 15) is 18.0 Å². The SMILES string of the molecule is O=C(Nc1ccc(Oc2ccc(-n3ccnc3)nn2)cc1)c1cccc(C(F)(F)F)c1. The monoisotopic (exact) mass is 425 g/mol. The second-order valence-electron chi connectivity index (χ2n) is 6.36. The van der Waals surface area contributed by atoms with E-state index in [-0.39, 0.29) is 11.4 Å². The minimum absolute atomic E-state index is 0.0941. The van der Waals surface area contributed by atoms with Gasteiger partial charge in [-0.25, -0.2) is 4.98 Å². The van der Waals surface area contributed by atoms with E-state index in [0.29, 0.717) is 17.3 Å². The number of amides is 1. The summed E-state index contributed by atoms with van der Waals surface area (Å²) in [6, 6.07) is 13.9. The van der Waals surface area contributed by atoms with Crippen LogP contribution in [0.3, 0.4) is 0 Å². The number of rotatable bonds is 5. The molecule has 4 rings (SSSR count). The second-order valence-corrected chi connectivity index (χ2v) is 6.36. The van der Waals surface area contributed by atoms with Crippen LogP contribution in [0.5, 0.6) is 11.6 Å². The van der Waals surface area contributed by atoms with Crippen LogP contribution in [0.15, 0.2) is 79.4 Å². The third kappa shape index (κ3) is 4.86. The van der Waals surface area contributed by atoms with Crippen molar-refractivity contribution in [1.29, 1.82) is 0 Å². The highest BCUT2D eigenvalue weighted by Gasteiger charge is 2.30. The molecular formula is C21H14F3N5O2. The minimum Gasteiger partial charge on any atom is -0.438 e. The van der Waals surface area contributed by atoms with Crippen molar-refractivity contribution in [3.8, 4) is 17.4 Å². The normalized spacial score (nSPS) is 11.2.